The zero-order valence-corrected chi connectivity index (χ0v) is 28.4. The van der Waals surface area contributed by atoms with E-state index >= 15 is 0 Å². The molecule has 2 unspecified atom stereocenters. The molecule has 0 fully saturated rings. The van der Waals surface area contributed by atoms with Gasteiger partial charge in [-0.2, -0.15) is 0 Å². The van der Waals surface area contributed by atoms with Crippen LogP contribution in [0.3, 0.4) is 0 Å². The standard InChI is InChI=1S/2C15H10Cl.C2H6Si.2CH3.Hf/c2*16-13-9-7-12(8-10-13)15-6-2-4-11-3-1-5-14(11)15;1-3-2;;;/h2*1-10H;1-2H3;2*1H3;. The van der Waals surface area contributed by atoms with E-state index in [0.29, 0.717) is 7.35 Å². The van der Waals surface area contributed by atoms with Crippen LogP contribution < -0.4 is 0 Å². The van der Waals surface area contributed by atoms with E-state index in [0.717, 1.165) is 10.0 Å². The Balaban J connectivity index is 1.50. The molecule has 0 amide bonds. The number of benzene rings is 4. The van der Waals surface area contributed by atoms with Crippen molar-refractivity contribution in [3.63, 3.8) is 0 Å². The molecule has 2 aliphatic rings. The predicted octanol–water partition coefficient (Wildman–Crippen LogP) is 11.2. The van der Waals surface area contributed by atoms with Gasteiger partial charge in [0.1, 0.15) is 0 Å². The van der Waals surface area contributed by atoms with Gasteiger partial charge in [0.25, 0.3) is 0 Å². The molecule has 0 bridgehead atoms. The Kier molecular flexibility index (Phi) is 6.63. The van der Waals surface area contributed by atoms with Crippen molar-refractivity contribution in [3.05, 3.63) is 129 Å². The van der Waals surface area contributed by atoms with E-state index in [4.69, 9.17) is 23.2 Å². The maximum atomic E-state index is 6.21. The van der Waals surface area contributed by atoms with Gasteiger partial charge in [-0.3, -0.25) is 0 Å². The van der Waals surface area contributed by atoms with Crippen molar-refractivity contribution in [2.45, 2.75) is 29.8 Å². The van der Waals surface area contributed by atoms with Gasteiger partial charge in [-0.1, -0.05) is 0 Å². The van der Waals surface area contributed by atoms with Crippen LogP contribution in [0, 0.1) is 0 Å². The summed E-state index contributed by atoms with van der Waals surface area (Å²) in [6.45, 7) is 5.17. The summed E-state index contributed by atoms with van der Waals surface area (Å²) in [6, 6.07) is 30.4. The van der Waals surface area contributed by atoms with Gasteiger partial charge in [0.05, 0.1) is 0 Å². The quantitative estimate of drug-likeness (QED) is 0.184. The van der Waals surface area contributed by atoms with Crippen LogP contribution in [0.15, 0.2) is 97.1 Å². The molecule has 0 spiro atoms. The Morgan fingerprint density at radius 1 is 0.579 bits per heavy atom. The average Bonchev–Trinajstić information content (AvgIpc) is 3.55. The van der Waals surface area contributed by atoms with Crippen molar-refractivity contribution >= 4 is 40.8 Å². The van der Waals surface area contributed by atoms with Crippen LogP contribution in [0.25, 0.3) is 34.4 Å². The van der Waals surface area contributed by atoms with Gasteiger partial charge >= 0.3 is 239 Å². The van der Waals surface area contributed by atoms with Gasteiger partial charge in [0.15, 0.2) is 0 Å². The predicted molar refractivity (Wildman–Crippen MR) is 167 cm³/mol. The van der Waals surface area contributed by atoms with E-state index in [-0.39, 0.29) is 0 Å². The maximum absolute atomic E-state index is 6.21. The molecular formula is C34H32Cl2HfSi. The molecule has 6 rings (SSSR count). The molecule has 0 heterocycles. The molecule has 0 nitrogen and oxygen atoms in total. The molecule has 0 N–H and O–H groups in total. The molecule has 0 aromatic heterocycles. The zero-order valence-electron chi connectivity index (χ0n) is 22.3. The van der Waals surface area contributed by atoms with Gasteiger partial charge in [0.2, 0.25) is 0 Å². The molecule has 4 heteroatoms. The first kappa shape index (κ1) is 26.3. The molecule has 4 aromatic rings. The van der Waals surface area contributed by atoms with Crippen LogP contribution in [0.1, 0.15) is 29.6 Å². The van der Waals surface area contributed by atoms with E-state index in [1.165, 1.54) is 44.5 Å². The van der Waals surface area contributed by atoms with Gasteiger partial charge in [-0.25, -0.2) is 0 Å². The molecule has 0 radical (unpaired) electrons. The summed E-state index contributed by atoms with van der Waals surface area (Å²) in [4.78, 5) is 0. The van der Waals surface area contributed by atoms with Gasteiger partial charge < -0.3 is 0 Å². The molecule has 2 atom stereocenters. The molecule has 2 aliphatic carbocycles. The number of rotatable bonds is 4. The Labute approximate surface area is 237 Å². The summed E-state index contributed by atoms with van der Waals surface area (Å²) >= 11 is 8.73. The van der Waals surface area contributed by atoms with Gasteiger partial charge in [-0.05, 0) is 0 Å². The van der Waals surface area contributed by atoms with Crippen molar-refractivity contribution in [1.29, 1.82) is 0 Å². The fraction of sp³-hybridized carbons (Fsp3) is 0.176. The van der Waals surface area contributed by atoms with Gasteiger partial charge in [-0.15, -0.1) is 0 Å². The second-order valence-electron chi connectivity index (χ2n) is 11.9. The molecule has 0 aliphatic heterocycles. The fourth-order valence-electron chi connectivity index (χ4n) is 6.80. The minimum atomic E-state index is -3.69. The normalized spacial score (nSPS) is 18.0. The first-order valence-corrected chi connectivity index (χ1v) is 33.3. The molecule has 4 aromatic carbocycles. The number of fused-ring (bicyclic) bond motifs is 2. The molecular weight excluding hydrogens is 686 g/mol. The van der Waals surface area contributed by atoms with E-state index in [1.807, 2.05) is 24.3 Å². The van der Waals surface area contributed by atoms with Crippen molar-refractivity contribution in [1.82, 2.24) is 0 Å². The van der Waals surface area contributed by atoms with E-state index in [1.54, 1.807) is 0 Å². The number of halogens is 2. The number of hydrogen-bond acceptors (Lipinski definition) is 0. The second kappa shape index (κ2) is 9.59. The van der Waals surface area contributed by atoms with Crippen LogP contribution in [0.2, 0.25) is 32.5 Å². The van der Waals surface area contributed by atoms with Crippen LogP contribution in [0.5, 0.6) is 0 Å². The van der Waals surface area contributed by atoms with Crippen LogP contribution in [-0.4, -0.2) is 5.49 Å². The zero-order chi connectivity index (χ0) is 26.7. The Morgan fingerprint density at radius 3 is 1.34 bits per heavy atom. The average molecular weight is 718 g/mol. The summed E-state index contributed by atoms with van der Waals surface area (Å²) < 4.78 is 6.59. The Hall–Kier alpha value is -1.97. The summed E-state index contributed by atoms with van der Waals surface area (Å²) in [5, 5.41) is 1.56. The van der Waals surface area contributed by atoms with E-state index < -0.39 is 22.6 Å². The number of allylic oxidation sites excluding steroid dienone is 2. The molecule has 38 heavy (non-hydrogen) atoms. The van der Waals surface area contributed by atoms with E-state index in [2.05, 4.69) is 107 Å². The third kappa shape index (κ3) is 4.03. The second-order valence-corrected chi connectivity index (χ2v) is 61.7. The van der Waals surface area contributed by atoms with Crippen LogP contribution >= 0.6 is 23.2 Å². The summed E-state index contributed by atoms with van der Waals surface area (Å²) in [7, 11) is 0. The monoisotopic (exact) mass is 718 g/mol. The van der Waals surface area contributed by atoms with Crippen LogP contribution in [0.4, 0.5) is 0 Å². The van der Waals surface area contributed by atoms with Crippen molar-refractivity contribution in [3.8, 4) is 22.3 Å². The fourth-order valence-corrected chi connectivity index (χ4v) is 40.8. The summed E-state index contributed by atoms with van der Waals surface area (Å²) in [5.41, 5.74) is 10.3. The third-order valence-corrected chi connectivity index (χ3v) is 69.8. The Morgan fingerprint density at radius 2 is 0.974 bits per heavy atom. The van der Waals surface area contributed by atoms with Crippen molar-refractivity contribution in [2.24, 2.45) is 0 Å². The van der Waals surface area contributed by atoms with Crippen molar-refractivity contribution < 1.29 is 17.1 Å². The van der Waals surface area contributed by atoms with Gasteiger partial charge in [0, 0.05) is 0 Å². The summed E-state index contributed by atoms with van der Waals surface area (Å²) in [5.74, 6) is 0. The third-order valence-electron chi connectivity index (χ3n) is 9.66. The topological polar surface area (TPSA) is 0 Å². The van der Waals surface area contributed by atoms with Crippen molar-refractivity contribution in [2.75, 3.05) is 0 Å². The Bertz CT molecular complexity index is 1580. The molecule has 190 valence electrons. The van der Waals surface area contributed by atoms with Crippen LogP contribution in [-0.2, 0) is 17.1 Å². The first-order valence-electron chi connectivity index (χ1n) is 13.3. The molecule has 0 saturated heterocycles. The summed E-state index contributed by atoms with van der Waals surface area (Å²) in [6.07, 6.45) is 9.99. The van der Waals surface area contributed by atoms with E-state index in [9.17, 15) is 0 Å². The molecule has 0 saturated carbocycles. The minimum absolute atomic E-state index is 0.526. The first-order chi connectivity index (χ1) is 18.2. The SMILES string of the molecule is C[Si](C)=[Hf]([CH3])([CH3])([CH]1C=Cc2c(-c3ccc(Cl)cc3)cccc21)[CH]1C=Cc2c(-c3ccc(Cl)cc3)cccc21. The number of hydrogen-bond donors (Lipinski definition) is 0.